The Morgan fingerprint density at radius 2 is 1.35 bits per heavy atom. The number of rotatable bonds is 13. The molecule has 1 atom stereocenters. The molecular weight excluding hydrogens is 204 g/mol. The van der Waals surface area contributed by atoms with Gasteiger partial charge in [0, 0.05) is 0 Å². The Labute approximate surface area is 110 Å². The normalized spacial score (nSPS) is 12.6. The topological polar surface area (TPSA) is 0 Å². The van der Waals surface area contributed by atoms with E-state index in [1.54, 1.807) is 0 Å². The maximum Gasteiger partial charge on any atom is -0.0353 e. The van der Waals surface area contributed by atoms with E-state index in [4.69, 9.17) is 0 Å². The highest BCUT2D eigenvalue weighted by atomic mass is 14.1. The van der Waals surface area contributed by atoms with Crippen LogP contribution in [0.2, 0.25) is 0 Å². The van der Waals surface area contributed by atoms with Gasteiger partial charge in [-0.15, -0.1) is 6.58 Å². The summed E-state index contributed by atoms with van der Waals surface area (Å²) in [5.41, 5.74) is 0. The zero-order valence-corrected chi connectivity index (χ0v) is 12.3. The molecular formula is C17H34. The summed E-state index contributed by atoms with van der Waals surface area (Å²) in [7, 11) is 0. The summed E-state index contributed by atoms with van der Waals surface area (Å²) >= 11 is 0. The van der Waals surface area contributed by atoms with Crippen LogP contribution in [0.15, 0.2) is 12.7 Å². The first-order valence-corrected chi connectivity index (χ1v) is 7.92. The molecule has 0 fully saturated rings. The molecule has 0 radical (unpaired) electrons. The summed E-state index contributed by atoms with van der Waals surface area (Å²) in [6.45, 7) is 8.48. The van der Waals surface area contributed by atoms with Gasteiger partial charge in [-0.3, -0.25) is 0 Å². The second-order valence-corrected chi connectivity index (χ2v) is 5.59. The molecule has 0 saturated heterocycles. The number of allylic oxidation sites excluding steroid dienone is 1. The molecule has 0 heterocycles. The maximum atomic E-state index is 3.76. The van der Waals surface area contributed by atoms with Gasteiger partial charge in [0.1, 0.15) is 0 Å². The average Bonchev–Trinajstić information content (AvgIpc) is 2.33. The van der Waals surface area contributed by atoms with Crippen molar-refractivity contribution < 1.29 is 0 Å². The van der Waals surface area contributed by atoms with Gasteiger partial charge in [0.05, 0.1) is 0 Å². The van der Waals surface area contributed by atoms with Gasteiger partial charge in [-0.05, 0) is 18.8 Å². The Kier molecular flexibility index (Phi) is 13.6. The van der Waals surface area contributed by atoms with Gasteiger partial charge in [-0.25, -0.2) is 0 Å². The first-order valence-electron chi connectivity index (χ1n) is 7.92. The first-order chi connectivity index (χ1) is 8.31. The van der Waals surface area contributed by atoms with Crippen LogP contribution in [-0.2, 0) is 0 Å². The van der Waals surface area contributed by atoms with Gasteiger partial charge >= 0.3 is 0 Å². The van der Waals surface area contributed by atoms with Gasteiger partial charge in [0.25, 0.3) is 0 Å². The SMILES string of the molecule is C=CCCCCCC(C)CCCCCCCC. The van der Waals surface area contributed by atoms with E-state index in [9.17, 15) is 0 Å². The van der Waals surface area contributed by atoms with Gasteiger partial charge in [0.15, 0.2) is 0 Å². The van der Waals surface area contributed by atoms with Crippen molar-refractivity contribution in [1.29, 1.82) is 0 Å². The standard InChI is InChI=1S/C17H34/c1-4-6-8-10-12-14-16-17(3)15-13-11-9-7-5-2/h5,17H,2,4,6-16H2,1,3H3. The smallest absolute Gasteiger partial charge is 0.0353 e. The average molecular weight is 238 g/mol. The zero-order valence-electron chi connectivity index (χ0n) is 12.3. The number of hydrogen-bond donors (Lipinski definition) is 0. The minimum atomic E-state index is 0.949. The summed E-state index contributed by atoms with van der Waals surface area (Å²) < 4.78 is 0. The minimum Gasteiger partial charge on any atom is -0.103 e. The Bertz CT molecular complexity index is 148. The second-order valence-electron chi connectivity index (χ2n) is 5.59. The molecule has 0 bridgehead atoms. The fourth-order valence-electron chi connectivity index (χ4n) is 2.38. The van der Waals surface area contributed by atoms with Crippen LogP contribution in [0.4, 0.5) is 0 Å². The van der Waals surface area contributed by atoms with Crippen molar-refractivity contribution in [1.82, 2.24) is 0 Å². The third-order valence-electron chi connectivity index (χ3n) is 3.66. The molecule has 0 aliphatic carbocycles. The molecule has 0 aromatic rings. The van der Waals surface area contributed by atoms with Crippen molar-refractivity contribution in [2.45, 2.75) is 90.9 Å². The predicted octanol–water partition coefficient (Wildman–Crippen LogP) is 6.51. The van der Waals surface area contributed by atoms with Crippen LogP contribution >= 0.6 is 0 Å². The molecule has 102 valence electrons. The van der Waals surface area contributed by atoms with Crippen LogP contribution in [-0.4, -0.2) is 0 Å². The predicted molar refractivity (Wildman–Crippen MR) is 80.4 cm³/mol. The highest BCUT2D eigenvalue weighted by Gasteiger charge is 2.01. The van der Waals surface area contributed by atoms with Crippen LogP contribution in [0, 0.1) is 5.92 Å². The van der Waals surface area contributed by atoms with Gasteiger partial charge in [0.2, 0.25) is 0 Å². The van der Waals surface area contributed by atoms with Crippen molar-refractivity contribution in [3.63, 3.8) is 0 Å². The maximum absolute atomic E-state index is 3.76. The summed E-state index contributed by atoms with van der Waals surface area (Å²) in [4.78, 5) is 0. The van der Waals surface area contributed by atoms with Crippen LogP contribution in [0.5, 0.6) is 0 Å². The summed E-state index contributed by atoms with van der Waals surface area (Å²) in [6.07, 6.45) is 18.9. The molecule has 0 aliphatic heterocycles. The number of unbranched alkanes of at least 4 members (excludes halogenated alkanes) is 8. The fourth-order valence-corrected chi connectivity index (χ4v) is 2.38. The van der Waals surface area contributed by atoms with E-state index in [0.717, 1.165) is 5.92 Å². The van der Waals surface area contributed by atoms with Crippen molar-refractivity contribution in [2.75, 3.05) is 0 Å². The van der Waals surface area contributed by atoms with Crippen LogP contribution in [0.3, 0.4) is 0 Å². The molecule has 1 unspecified atom stereocenters. The summed E-state index contributed by atoms with van der Waals surface area (Å²) in [6, 6.07) is 0. The molecule has 0 saturated carbocycles. The quantitative estimate of drug-likeness (QED) is 0.253. The lowest BCUT2D eigenvalue weighted by Gasteiger charge is -2.10. The van der Waals surface area contributed by atoms with E-state index in [1.807, 2.05) is 6.08 Å². The minimum absolute atomic E-state index is 0.949. The molecule has 0 aromatic heterocycles. The summed E-state index contributed by atoms with van der Waals surface area (Å²) in [5.74, 6) is 0.949. The van der Waals surface area contributed by atoms with Gasteiger partial charge < -0.3 is 0 Å². The Hall–Kier alpha value is -0.260. The molecule has 0 amide bonds. The molecule has 0 spiro atoms. The molecule has 0 aromatic carbocycles. The van der Waals surface area contributed by atoms with Crippen molar-refractivity contribution >= 4 is 0 Å². The third-order valence-corrected chi connectivity index (χ3v) is 3.66. The van der Waals surface area contributed by atoms with Crippen molar-refractivity contribution in [2.24, 2.45) is 5.92 Å². The highest BCUT2D eigenvalue weighted by Crippen LogP contribution is 2.17. The van der Waals surface area contributed by atoms with Crippen LogP contribution in [0.25, 0.3) is 0 Å². The molecule has 0 heteroatoms. The summed E-state index contributed by atoms with van der Waals surface area (Å²) in [5, 5.41) is 0. The third kappa shape index (κ3) is 13.7. The first kappa shape index (κ1) is 16.7. The molecule has 0 N–H and O–H groups in total. The zero-order chi connectivity index (χ0) is 12.8. The van der Waals surface area contributed by atoms with E-state index in [-0.39, 0.29) is 0 Å². The lowest BCUT2D eigenvalue weighted by atomic mass is 9.96. The van der Waals surface area contributed by atoms with Crippen molar-refractivity contribution in [3.05, 3.63) is 12.7 Å². The lowest BCUT2D eigenvalue weighted by Crippen LogP contribution is -1.95. The largest absolute Gasteiger partial charge is 0.103 e. The van der Waals surface area contributed by atoms with Crippen LogP contribution in [0.1, 0.15) is 90.9 Å². The van der Waals surface area contributed by atoms with Gasteiger partial charge in [-0.1, -0.05) is 84.1 Å². The monoisotopic (exact) mass is 238 g/mol. The molecule has 17 heavy (non-hydrogen) atoms. The second kappa shape index (κ2) is 13.8. The molecule has 0 nitrogen and oxygen atoms in total. The van der Waals surface area contributed by atoms with E-state index >= 15 is 0 Å². The Morgan fingerprint density at radius 3 is 1.94 bits per heavy atom. The highest BCUT2D eigenvalue weighted by molar-refractivity contribution is 4.65. The van der Waals surface area contributed by atoms with E-state index in [0.29, 0.717) is 0 Å². The Balaban J connectivity index is 3.11. The number of hydrogen-bond acceptors (Lipinski definition) is 0. The van der Waals surface area contributed by atoms with Gasteiger partial charge in [-0.2, -0.15) is 0 Å². The lowest BCUT2D eigenvalue weighted by molar-refractivity contribution is 0.435. The Morgan fingerprint density at radius 1 is 0.824 bits per heavy atom. The van der Waals surface area contributed by atoms with Crippen LogP contribution < -0.4 is 0 Å². The van der Waals surface area contributed by atoms with E-state index < -0.39 is 0 Å². The van der Waals surface area contributed by atoms with E-state index in [2.05, 4.69) is 20.4 Å². The fraction of sp³-hybridized carbons (Fsp3) is 0.882. The molecule has 0 rings (SSSR count). The van der Waals surface area contributed by atoms with E-state index in [1.165, 1.54) is 77.0 Å². The molecule has 0 aliphatic rings. The van der Waals surface area contributed by atoms with Crippen molar-refractivity contribution in [3.8, 4) is 0 Å².